The predicted octanol–water partition coefficient (Wildman–Crippen LogP) is 1.67. The van der Waals surface area contributed by atoms with Crippen molar-refractivity contribution in [2.45, 2.75) is 44.6 Å². The van der Waals surface area contributed by atoms with Crippen molar-refractivity contribution in [2.75, 3.05) is 0 Å². The average Bonchev–Trinajstić information content (AvgIpc) is 2.45. The Morgan fingerprint density at radius 3 is 3.00 bits per heavy atom. The van der Waals surface area contributed by atoms with Gasteiger partial charge in [0.15, 0.2) is 0 Å². The van der Waals surface area contributed by atoms with Gasteiger partial charge in [-0.15, -0.1) is 0 Å². The van der Waals surface area contributed by atoms with Gasteiger partial charge in [-0.3, -0.25) is 4.79 Å². The molecule has 3 rings (SSSR count). The Hall–Kier alpha value is -1.12. The van der Waals surface area contributed by atoms with Crippen LogP contribution in [-0.4, -0.2) is 15.3 Å². The molecule has 1 aliphatic carbocycles. The molecule has 0 saturated heterocycles. The lowest BCUT2D eigenvalue weighted by Crippen LogP contribution is -2.23. The number of ketones is 1. The van der Waals surface area contributed by atoms with Crippen molar-refractivity contribution in [3.05, 3.63) is 17.7 Å². The molecule has 3 heteroatoms. The number of carbonyl (C=O) groups excluding carboxylic acids is 1. The molecule has 1 fully saturated rings. The van der Waals surface area contributed by atoms with E-state index >= 15 is 0 Å². The van der Waals surface area contributed by atoms with Crippen LogP contribution in [0.25, 0.3) is 0 Å². The summed E-state index contributed by atoms with van der Waals surface area (Å²) >= 11 is 0. The van der Waals surface area contributed by atoms with E-state index in [2.05, 4.69) is 9.55 Å². The molecular formula is C11H14N2O. The van der Waals surface area contributed by atoms with Gasteiger partial charge in [0.2, 0.25) is 0 Å². The molecule has 0 amide bonds. The molecule has 1 aliphatic heterocycles. The molecule has 0 spiro atoms. The SMILES string of the molecule is O=C1CCn2c(cnc2C2CCC2)C1. The van der Waals surface area contributed by atoms with Crippen molar-refractivity contribution in [1.29, 1.82) is 0 Å². The first-order chi connectivity index (χ1) is 6.84. The van der Waals surface area contributed by atoms with Gasteiger partial charge in [0.05, 0.1) is 0 Å². The molecule has 0 N–H and O–H groups in total. The van der Waals surface area contributed by atoms with Gasteiger partial charge < -0.3 is 4.57 Å². The van der Waals surface area contributed by atoms with Gasteiger partial charge in [-0.1, -0.05) is 6.42 Å². The minimum atomic E-state index is 0.359. The molecule has 1 saturated carbocycles. The highest BCUT2D eigenvalue weighted by Gasteiger charge is 2.27. The van der Waals surface area contributed by atoms with Crippen molar-refractivity contribution in [1.82, 2.24) is 9.55 Å². The summed E-state index contributed by atoms with van der Waals surface area (Å²) in [5.41, 5.74) is 1.13. The molecule has 2 aliphatic rings. The summed E-state index contributed by atoms with van der Waals surface area (Å²) in [5.74, 6) is 2.27. The minimum Gasteiger partial charge on any atom is -0.331 e. The highest BCUT2D eigenvalue weighted by atomic mass is 16.1. The van der Waals surface area contributed by atoms with Crippen molar-refractivity contribution in [2.24, 2.45) is 0 Å². The third-order valence-electron chi connectivity index (χ3n) is 3.43. The number of imidazole rings is 1. The second kappa shape index (κ2) is 2.94. The molecule has 0 aromatic carbocycles. The van der Waals surface area contributed by atoms with Crippen LogP contribution >= 0.6 is 0 Å². The standard InChI is InChI=1S/C11H14N2O/c14-10-4-5-13-9(6-10)7-12-11(13)8-2-1-3-8/h7-8H,1-6H2. The molecule has 0 radical (unpaired) electrons. The van der Waals surface area contributed by atoms with Crippen LogP contribution in [0.5, 0.6) is 0 Å². The second-order valence-electron chi connectivity index (χ2n) is 4.35. The Labute approximate surface area is 83.1 Å². The Morgan fingerprint density at radius 2 is 2.29 bits per heavy atom. The first-order valence-electron chi connectivity index (χ1n) is 5.40. The van der Waals surface area contributed by atoms with E-state index < -0.39 is 0 Å². The summed E-state index contributed by atoms with van der Waals surface area (Å²) in [5, 5.41) is 0. The third kappa shape index (κ3) is 1.11. The topological polar surface area (TPSA) is 34.9 Å². The van der Waals surface area contributed by atoms with E-state index in [1.165, 1.54) is 25.1 Å². The van der Waals surface area contributed by atoms with E-state index in [1.807, 2.05) is 6.20 Å². The van der Waals surface area contributed by atoms with Crippen molar-refractivity contribution >= 4 is 5.78 Å². The molecule has 2 heterocycles. The van der Waals surface area contributed by atoms with E-state index in [9.17, 15) is 4.79 Å². The summed E-state index contributed by atoms with van der Waals surface area (Å²) in [6.07, 6.45) is 7.09. The molecule has 74 valence electrons. The quantitative estimate of drug-likeness (QED) is 0.675. The van der Waals surface area contributed by atoms with Crippen molar-refractivity contribution in [3.63, 3.8) is 0 Å². The fourth-order valence-electron chi connectivity index (χ4n) is 2.35. The summed E-state index contributed by atoms with van der Waals surface area (Å²) in [6.45, 7) is 0.861. The molecular weight excluding hydrogens is 176 g/mol. The minimum absolute atomic E-state index is 0.359. The van der Waals surface area contributed by atoms with Crippen LogP contribution in [0.1, 0.15) is 43.1 Å². The van der Waals surface area contributed by atoms with Crippen LogP contribution < -0.4 is 0 Å². The van der Waals surface area contributed by atoms with Crippen LogP contribution in [0.2, 0.25) is 0 Å². The fourth-order valence-corrected chi connectivity index (χ4v) is 2.35. The average molecular weight is 190 g/mol. The van der Waals surface area contributed by atoms with Crippen LogP contribution in [0, 0.1) is 0 Å². The second-order valence-corrected chi connectivity index (χ2v) is 4.35. The Bertz CT molecular complexity index is 377. The van der Waals surface area contributed by atoms with Crippen LogP contribution in [0.4, 0.5) is 0 Å². The third-order valence-corrected chi connectivity index (χ3v) is 3.43. The van der Waals surface area contributed by atoms with Gasteiger partial charge in [0, 0.05) is 37.2 Å². The molecule has 0 unspecified atom stereocenters. The molecule has 0 bridgehead atoms. The summed E-state index contributed by atoms with van der Waals surface area (Å²) in [7, 11) is 0. The van der Waals surface area contributed by atoms with Gasteiger partial charge in [-0.2, -0.15) is 0 Å². The lowest BCUT2D eigenvalue weighted by molar-refractivity contribution is -0.119. The molecule has 14 heavy (non-hydrogen) atoms. The van der Waals surface area contributed by atoms with E-state index in [4.69, 9.17) is 0 Å². The van der Waals surface area contributed by atoms with Crippen LogP contribution in [0.15, 0.2) is 6.20 Å². The zero-order valence-electron chi connectivity index (χ0n) is 8.20. The summed E-state index contributed by atoms with van der Waals surface area (Å²) in [4.78, 5) is 15.7. The zero-order chi connectivity index (χ0) is 9.54. The number of fused-ring (bicyclic) bond motifs is 1. The molecule has 1 aromatic rings. The normalized spacial score (nSPS) is 21.9. The smallest absolute Gasteiger partial charge is 0.140 e. The highest BCUT2D eigenvalue weighted by Crippen LogP contribution is 2.36. The van der Waals surface area contributed by atoms with Crippen molar-refractivity contribution in [3.8, 4) is 0 Å². The predicted molar refractivity (Wildman–Crippen MR) is 52.1 cm³/mol. The number of hydrogen-bond donors (Lipinski definition) is 0. The number of hydrogen-bond acceptors (Lipinski definition) is 2. The first kappa shape index (κ1) is 8.21. The Balaban J connectivity index is 1.95. The lowest BCUT2D eigenvalue weighted by Gasteiger charge is -2.27. The summed E-state index contributed by atoms with van der Waals surface area (Å²) in [6, 6.07) is 0. The lowest BCUT2D eigenvalue weighted by atomic mass is 9.84. The maximum Gasteiger partial charge on any atom is 0.140 e. The van der Waals surface area contributed by atoms with E-state index in [0.717, 1.165) is 12.2 Å². The highest BCUT2D eigenvalue weighted by molar-refractivity contribution is 5.81. The summed E-state index contributed by atoms with van der Waals surface area (Å²) < 4.78 is 2.27. The largest absolute Gasteiger partial charge is 0.331 e. The fraction of sp³-hybridized carbons (Fsp3) is 0.636. The van der Waals surface area contributed by atoms with Crippen LogP contribution in [-0.2, 0) is 17.8 Å². The van der Waals surface area contributed by atoms with Gasteiger partial charge in [-0.05, 0) is 12.8 Å². The first-order valence-corrected chi connectivity index (χ1v) is 5.40. The zero-order valence-corrected chi connectivity index (χ0v) is 8.20. The number of aromatic nitrogens is 2. The Kier molecular flexibility index (Phi) is 1.72. The number of rotatable bonds is 1. The number of Topliss-reactive ketones (excluding diaryl/α,β-unsaturated/α-hetero) is 1. The molecule has 1 aromatic heterocycles. The Morgan fingerprint density at radius 1 is 1.43 bits per heavy atom. The van der Waals surface area contributed by atoms with Gasteiger partial charge in [0.1, 0.15) is 11.6 Å². The maximum atomic E-state index is 11.2. The number of carbonyl (C=O) groups is 1. The number of nitrogens with zero attached hydrogens (tertiary/aromatic N) is 2. The van der Waals surface area contributed by atoms with Gasteiger partial charge in [0.25, 0.3) is 0 Å². The molecule has 3 nitrogen and oxygen atoms in total. The molecule has 0 atom stereocenters. The van der Waals surface area contributed by atoms with Gasteiger partial charge >= 0.3 is 0 Å². The van der Waals surface area contributed by atoms with Crippen molar-refractivity contribution < 1.29 is 4.79 Å². The van der Waals surface area contributed by atoms with E-state index in [0.29, 0.717) is 24.5 Å². The van der Waals surface area contributed by atoms with Crippen LogP contribution in [0.3, 0.4) is 0 Å². The monoisotopic (exact) mass is 190 g/mol. The van der Waals surface area contributed by atoms with E-state index in [1.54, 1.807) is 0 Å². The van der Waals surface area contributed by atoms with Gasteiger partial charge in [-0.25, -0.2) is 4.98 Å². The van der Waals surface area contributed by atoms with E-state index in [-0.39, 0.29) is 0 Å². The maximum absolute atomic E-state index is 11.2.